The molecule has 0 radical (unpaired) electrons. The van der Waals surface area contributed by atoms with Crippen molar-refractivity contribution < 1.29 is 9.90 Å². The van der Waals surface area contributed by atoms with Crippen LogP contribution in [0.25, 0.3) is 0 Å². The van der Waals surface area contributed by atoms with E-state index in [0.717, 1.165) is 12.8 Å². The summed E-state index contributed by atoms with van der Waals surface area (Å²) in [5, 5.41) is 11.5. The molecular formula is C11H20N2O2S. The van der Waals surface area contributed by atoms with E-state index in [1.165, 1.54) is 28.3 Å². The second-order valence-electron chi connectivity index (χ2n) is 4.10. The molecule has 1 rings (SSSR count). The van der Waals surface area contributed by atoms with Gasteiger partial charge in [0.05, 0.1) is 13.2 Å². The molecule has 0 aromatic heterocycles. The first kappa shape index (κ1) is 13.4. The summed E-state index contributed by atoms with van der Waals surface area (Å²) in [6.07, 6.45) is 4.70. The van der Waals surface area contributed by atoms with Crippen molar-refractivity contribution in [2.75, 3.05) is 19.7 Å². The third-order valence-corrected chi connectivity index (χ3v) is 3.26. The van der Waals surface area contributed by atoms with Crippen LogP contribution in [0.4, 0.5) is 4.79 Å². The van der Waals surface area contributed by atoms with Gasteiger partial charge < -0.3 is 10.4 Å². The summed E-state index contributed by atoms with van der Waals surface area (Å²) in [5.74, 6) is 0. The fraction of sp³-hybridized carbons (Fsp3) is 0.727. The average Bonchev–Trinajstić information content (AvgIpc) is 2.28. The van der Waals surface area contributed by atoms with E-state index in [9.17, 15) is 4.79 Å². The smallest absolute Gasteiger partial charge is 0.327 e. The van der Waals surface area contributed by atoms with E-state index in [1.807, 2.05) is 0 Å². The molecule has 0 saturated heterocycles. The van der Waals surface area contributed by atoms with Crippen LogP contribution in [0.5, 0.6) is 0 Å². The highest BCUT2D eigenvalue weighted by Gasteiger charge is 2.12. The predicted molar refractivity (Wildman–Crippen MR) is 67.3 cm³/mol. The second-order valence-corrected chi connectivity index (χ2v) is 4.58. The van der Waals surface area contributed by atoms with Crippen LogP contribution < -0.4 is 5.32 Å². The van der Waals surface area contributed by atoms with Gasteiger partial charge in [0.15, 0.2) is 0 Å². The van der Waals surface area contributed by atoms with Crippen LogP contribution in [0, 0.1) is 0 Å². The Balaban J connectivity index is 2.36. The van der Waals surface area contributed by atoms with Crippen LogP contribution in [0.15, 0.2) is 11.1 Å². The maximum atomic E-state index is 11.5. The highest BCUT2D eigenvalue weighted by molar-refractivity contribution is 7.78. The summed E-state index contributed by atoms with van der Waals surface area (Å²) in [4.78, 5) is 11.5. The molecule has 4 nitrogen and oxygen atoms in total. The number of nitrogens with zero attached hydrogens (tertiary/aromatic N) is 1. The Bertz CT molecular complexity index is 279. The van der Waals surface area contributed by atoms with E-state index in [4.69, 9.17) is 5.11 Å². The quantitative estimate of drug-likeness (QED) is 0.521. The molecule has 0 aromatic carbocycles. The molecule has 0 heterocycles. The lowest BCUT2D eigenvalue weighted by molar-refractivity contribution is 0.214. The standard InChI is InChI=1S/C11H20N2O2S/c1-9-4-2-3-5-10(9)8-12-11(15)13(16)6-7-14/h14,16H,2-8H2,1H3,(H,12,15). The molecule has 0 unspecified atom stereocenters. The van der Waals surface area contributed by atoms with E-state index in [2.05, 4.69) is 25.1 Å². The molecule has 0 bridgehead atoms. The van der Waals surface area contributed by atoms with E-state index < -0.39 is 0 Å². The summed E-state index contributed by atoms with van der Waals surface area (Å²) in [7, 11) is 0. The Labute approximate surface area is 102 Å². The first-order valence-electron chi connectivity index (χ1n) is 5.67. The summed E-state index contributed by atoms with van der Waals surface area (Å²) in [6, 6.07) is -0.247. The first-order valence-corrected chi connectivity index (χ1v) is 6.07. The lowest BCUT2D eigenvalue weighted by atomic mass is 9.93. The maximum absolute atomic E-state index is 11.5. The number of hydrogen-bond acceptors (Lipinski definition) is 3. The molecule has 92 valence electrons. The number of nitrogens with one attached hydrogen (secondary N) is 1. The van der Waals surface area contributed by atoms with Gasteiger partial charge in [-0.05, 0) is 32.6 Å². The summed E-state index contributed by atoms with van der Waals surface area (Å²) in [5.41, 5.74) is 2.74. The van der Waals surface area contributed by atoms with E-state index >= 15 is 0 Å². The van der Waals surface area contributed by atoms with E-state index in [1.54, 1.807) is 0 Å². The molecular weight excluding hydrogens is 224 g/mol. The molecule has 0 saturated carbocycles. The zero-order valence-electron chi connectivity index (χ0n) is 9.70. The highest BCUT2D eigenvalue weighted by atomic mass is 32.1. The minimum absolute atomic E-state index is 0.0708. The Hall–Kier alpha value is -0.680. The van der Waals surface area contributed by atoms with Gasteiger partial charge in [0.25, 0.3) is 0 Å². The van der Waals surface area contributed by atoms with Gasteiger partial charge in [0, 0.05) is 6.54 Å². The zero-order valence-corrected chi connectivity index (χ0v) is 10.6. The van der Waals surface area contributed by atoms with Gasteiger partial charge >= 0.3 is 6.03 Å². The summed E-state index contributed by atoms with van der Waals surface area (Å²) >= 11 is 3.97. The van der Waals surface area contributed by atoms with Crippen molar-refractivity contribution in [3.63, 3.8) is 0 Å². The number of hydrogen-bond donors (Lipinski definition) is 3. The minimum atomic E-state index is -0.247. The second kappa shape index (κ2) is 6.81. The Morgan fingerprint density at radius 2 is 2.19 bits per heavy atom. The van der Waals surface area contributed by atoms with Gasteiger partial charge in [0.2, 0.25) is 0 Å². The van der Waals surface area contributed by atoms with Crippen LogP contribution in [0.3, 0.4) is 0 Å². The molecule has 16 heavy (non-hydrogen) atoms. The normalized spacial score (nSPS) is 16.2. The fourth-order valence-corrected chi connectivity index (χ4v) is 1.99. The maximum Gasteiger partial charge on any atom is 0.327 e. The van der Waals surface area contributed by atoms with Gasteiger partial charge in [0.1, 0.15) is 0 Å². The third-order valence-electron chi connectivity index (χ3n) is 2.88. The molecule has 0 atom stereocenters. The summed E-state index contributed by atoms with van der Waals surface area (Å²) < 4.78 is 1.19. The van der Waals surface area contributed by atoms with Crippen LogP contribution in [0.1, 0.15) is 32.6 Å². The number of rotatable bonds is 4. The Morgan fingerprint density at radius 1 is 1.50 bits per heavy atom. The van der Waals surface area contributed by atoms with Crippen molar-refractivity contribution in [3.8, 4) is 0 Å². The molecule has 2 amide bonds. The number of aliphatic hydroxyl groups is 1. The number of amides is 2. The van der Waals surface area contributed by atoms with Gasteiger partial charge in [-0.1, -0.05) is 24.0 Å². The van der Waals surface area contributed by atoms with Crippen LogP contribution in [-0.2, 0) is 0 Å². The molecule has 5 heteroatoms. The molecule has 2 N–H and O–H groups in total. The summed E-state index contributed by atoms with van der Waals surface area (Å²) in [6.45, 7) is 2.91. The molecule has 1 aliphatic rings. The first-order chi connectivity index (χ1) is 7.65. The van der Waals surface area contributed by atoms with Crippen molar-refractivity contribution in [1.82, 2.24) is 9.62 Å². The molecule has 1 aliphatic carbocycles. The number of carbonyl (C=O) groups excluding carboxylic acids is 1. The monoisotopic (exact) mass is 244 g/mol. The Kier molecular flexibility index (Phi) is 5.69. The van der Waals surface area contributed by atoms with Gasteiger partial charge in [-0.15, -0.1) is 0 Å². The predicted octanol–water partition coefficient (Wildman–Crippen LogP) is 1.73. The minimum Gasteiger partial charge on any atom is -0.394 e. The van der Waals surface area contributed by atoms with Gasteiger partial charge in [-0.2, -0.15) is 0 Å². The van der Waals surface area contributed by atoms with E-state index in [0.29, 0.717) is 6.54 Å². The third kappa shape index (κ3) is 4.06. The molecule has 0 aromatic rings. The molecule has 0 fully saturated rings. The van der Waals surface area contributed by atoms with Crippen LogP contribution in [-0.4, -0.2) is 35.1 Å². The van der Waals surface area contributed by atoms with Crippen LogP contribution >= 0.6 is 12.8 Å². The van der Waals surface area contributed by atoms with E-state index in [-0.39, 0.29) is 19.2 Å². The zero-order chi connectivity index (χ0) is 12.0. The van der Waals surface area contributed by atoms with Crippen molar-refractivity contribution in [1.29, 1.82) is 0 Å². The highest BCUT2D eigenvalue weighted by Crippen LogP contribution is 2.23. The Morgan fingerprint density at radius 3 is 2.81 bits per heavy atom. The molecule has 0 aliphatic heterocycles. The fourth-order valence-electron chi connectivity index (χ4n) is 1.83. The van der Waals surface area contributed by atoms with Crippen molar-refractivity contribution in [3.05, 3.63) is 11.1 Å². The number of aliphatic hydroxyl groups excluding tert-OH is 1. The SMILES string of the molecule is CC1=C(CNC(=O)N(S)CCO)CCCC1. The lowest BCUT2D eigenvalue weighted by Gasteiger charge is -2.20. The van der Waals surface area contributed by atoms with Crippen molar-refractivity contribution >= 4 is 18.8 Å². The number of allylic oxidation sites excluding steroid dienone is 1. The van der Waals surface area contributed by atoms with Gasteiger partial charge in [-0.25, -0.2) is 4.79 Å². The average molecular weight is 244 g/mol. The molecule has 0 spiro atoms. The largest absolute Gasteiger partial charge is 0.394 e. The number of urea groups is 1. The van der Waals surface area contributed by atoms with Crippen molar-refractivity contribution in [2.45, 2.75) is 32.6 Å². The van der Waals surface area contributed by atoms with Crippen LogP contribution in [0.2, 0.25) is 0 Å². The topological polar surface area (TPSA) is 52.6 Å². The van der Waals surface area contributed by atoms with Gasteiger partial charge in [-0.3, -0.25) is 4.31 Å². The van der Waals surface area contributed by atoms with Crippen molar-refractivity contribution in [2.24, 2.45) is 0 Å². The number of carbonyl (C=O) groups is 1. The number of thiol groups is 1. The lowest BCUT2D eigenvalue weighted by Crippen LogP contribution is -2.36.